The lowest BCUT2D eigenvalue weighted by molar-refractivity contribution is -0.249. The van der Waals surface area contributed by atoms with Crippen molar-refractivity contribution in [1.29, 1.82) is 0 Å². The van der Waals surface area contributed by atoms with E-state index in [2.05, 4.69) is 82.3 Å². The number of rotatable bonds is 10. The molecule has 0 spiro atoms. The van der Waals surface area contributed by atoms with Gasteiger partial charge < -0.3 is 20.3 Å². The van der Waals surface area contributed by atoms with E-state index in [0.29, 0.717) is 10.8 Å². The summed E-state index contributed by atoms with van der Waals surface area (Å²) in [6, 6.07) is 12.5. The third-order valence-electron chi connectivity index (χ3n) is 13.5. The molecule has 11 nitrogen and oxygen atoms in total. The maximum Gasteiger partial charge on any atom is 0.189 e. The van der Waals surface area contributed by atoms with Crippen molar-refractivity contribution in [2.75, 3.05) is 56.1 Å². The minimum Gasteiger partial charge on any atom is -0.374 e. The molecule has 12 heteroatoms. The van der Waals surface area contributed by atoms with Gasteiger partial charge in [-0.3, -0.25) is 9.58 Å². The second kappa shape index (κ2) is 13.3. The molecule has 2 aliphatic heterocycles. The van der Waals surface area contributed by atoms with Gasteiger partial charge in [-0.2, -0.15) is 5.10 Å². The number of fused-ring (bicyclic) bond motifs is 2. The molecule has 1 saturated heterocycles. The summed E-state index contributed by atoms with van der Waals surface area (Å²) in [4.78, 5) is 14.5. The number of aromatic nitrogens is 6. The van der Waals surface area contributed by atoms with Crippen molar-refractivity contribution in [3.05, 3.63) is 65.6 Å². The van der Waals surface area contributed by atoms with E-state index in [1.54, 1.807) is 11.3 Å². The van der Waals surface area contributed by atoms with Crippen LogP contribution in [-0.2, 0) is 17.7 Å². The van der Waals surface area contributed by atoms with Crippen molar-refractivity contribution in [3.8, 4) is 11.1 Å². The van der Waals surface area contributed by atoms with Gasteiger partial charge in [0.2, 0.25) is 0 Å². The standard InChI is InChI=1S/C43H54N10OS/c1-29-32-8-7-15-52(38(32)50-49-37(29)48-39-47-34-9-5-6-10-35(34)55-39)36-12-11-31(20-45-36)33-21-46-53(30(33)2)28-42-23-40(3)22-41(4,24-42)26-43(25-40,27-42)54-19-18-51-16-13-44-14-17-51/h5-6,9-12,20-21,44H,7-8,13-19,22-28H2,1-4H3,(H,47,48,49). The summed E-state index contributed by atoms with van der Waals surface area (Å²) in [6.45, 7) is 17.6. The maximum atomic E-state index is 7.06. The molecule has 2 unspecified atom stereocenters. The Morgan fingerprint density at radius 2 is 1.73 bits per heavy atom. The first-order valence-corrected chi connectivity index (χ1v) is 21.2. The number of pyridine rings is 1. The number of hydrogen-bond donors (Lipinski definition) is 2. The minimum atomic E-state index is -0.0135. The maximum absolute atomic E-state index is 7.06. The zero-order valence-corrected chi connectivity index (χ0v) is 33.6. The molecule has 6 heterocycles. The summed E-state index contributed by atoms with van der Waals surface area (Å²) < 4.78 is 10.5. The number of ether oxygens (including phenoxy) is 1. The Kier molecular flexibility index (Phi) is 8.58. The molecule has 5 fully saturated rings. The van der Waals surface area contributed by atoms with Gasteiger partial charge in [-0.15, -0.1) is 10.2 Å². The number of hydrogen-bond acceptors (Lipinski definition) is 11. The molecule has 2 atom stereocenters. The second-order valence-electron chi connectivity index (χ2n) is 18.4. The van der Waals surface area contributed by atoms with Crippen LogP contribution >= 0.6 is 11.3 Å². The van der Waals surface area contributed by atoms with Gasteiger partial charge in [0.25, 0.3) is 0 Å². The number of thiazole rings is 1. The number of piperazine rings is 1. The van der Waals surface area contributed by atoms with Crippen LogP contribution in [0.3, 0.4) is 0 Å². The van der Waals surface area contributed by atoms with Crippen molar-refractivity contribution >= 4 is 44.1 Å². The molecule has 4 saturated carbocycles. The lowest BCUT2D eigenvalue weighted by Crippen LogP contribution is -2.64. The van der Waals surface area contributed by atoms with Crippen LogP contribution in [-0.4, -0.2) is 86.3 Å². The quantitative estimate of drug-likeness (QED) is 0.146. The lowest BCUT2D eigenvalue weighted by atomic mass is 9.39. The van der Waals surface area contributed by atoms with Crippen molar-refractivity contribution in [2.24, 2.45) is 16.2 Å². The van der Waals surface area contributed by atoms with Gasteiger partial charge in [0, 0.05) is 80.0 Å². The summed E-state index contributed by atoms with van der Waals surface area (Å²) in [5.74, 6) is 2.56. The van der Waals surface area contributed by atoms with Crippen molar-refractivity contribution < 1.29 is 4.74 Å². The highest BCUT2D eigenvalue weighted by atomic mass is 32.1. The Morgan fingerprint density at radius 1 is 0.909 bits per heavy atom. The molecule has 5 aromatic rings. The molecule has 0 radical (unpaired) electrons. The number of benzene rings is 1. The van der Waals surface area contributed by atoms with Gasteiger partial charge in [0.1, 0.15) is 5.82 Å². The van der Waals surface area contributed by atoms with Crippen LogP contribution in [0.5, 0.6) is 0 Å². The Hall–Kier alpha value is -3.97. The number of anilines is 4. The molecule has 4 bridgehead atoms. The van der Waals surface area contributed by atoms with Gasteiger partial charge in [-0.05, 0) is 106 Å². The molecule has 288 valence electrons. The highest BCUT2D eigenvalue weighted by Crippen LogP contribution is 2.72. The summed E-state index contributed by atoms with van der Waals surface area (Å²) in [6.07, 6.45) is 13.5. The monoisotopic (exact) mass is 758 g/mol. The molecule has 55 heavy (non-hydrogen) atoms. The third kappa shape index (κ3) is 6.52. The van der Waals surface area contributed by atoms with Crippen LogP contribution in [0.15, 0.2) is 48.8 Å². The zero-order valence-electron chi connectivity index (χ0n) is 32.8. The van der Waals surface area contributed by atoms with Crippen molar-refractivity contribution in [1.82, 2.24) is 40.2 Å². The molecule has 11 rings (SSSR count). The van der Waals surface area contributed by atoms with E-state index < -0.39 is 0 Å². The fraction of sp³-hybridized carbons (Fsp3) is 0.558. The summed E-state index contributed by atoms with van der Waals surface area (Å²) in [5.41, 5.74) is 7.63. The Balaban J connectivity index is 0.852. The zero-order chi connectivity index (χ0) is 37.4. The van der Waals surface area contributed by atoms with Gasteiger partial charge in [0.05, 0.1) is 28.6 Å². The van der Waals surface area contributed by atoms with E-state index in [1.165, 1.54) is 43.4 Å². The van der Waals surface area contributed by atoms with Crippen LogP contribution in [0.2, 0.25) is 0 Å². The predicted octanol–water partition coefficient (Wildman–Crippen LogP) is 7.83. The molecular weight excluding hydrogens is 705 g/mol. The van der Waals surface area contributed by atoms with E-state index >= 15 is 0 Å². The molecule has 2 N–H and O–H groups in total. The van der Waals surface area contributed by atoms with E-state index in [1.807, 2.05) is 24.4 Å². The van der Waals surface area contributed by atoms with Crippen LogP contribution in [0.25, 0.3) is 21.3 Å². The topological polar surface area (TPSA) is 109 Å². The van der Waals surface area contributed by atoms with Crippen LogP contribution in [0, 0.1) is 30.1 Å². The number of nitrogens with zero attached hydrogens (tertiary/aromatic N) is 8. The van der Waals surface area contributed by atoms with Crippen molar-refractivity contribution in [3.63, 3.8) is 0 Å². The van der Waals surface area contributed by atoms with Gasteiger partial charge in [-0.1, -0.05) is 37.3 Å². The number of para-hydroxylation sites is 1. The largest absolute Gasteiger partial charge is 0.374 e. The van der Waals surface area contributed by atoms with Crippen LogP contribution < -0.4 is 15.5 Å². The number of nitrogens with one attached hydrogen (secondary N) is 2. The van der Waals surface area contributed by atoms with E-state index in [0.717, 1.165) is 121 Å². The van der Waals surface area contributed by atoms with Crippen LogP contribution in [0.1, 0.15) is 75.6 Å². The predicted molar refractivity (Wildman–Crippen MR) is 220 cm³/mol. The average Bonchev–Trinajstić information content (AvgIpc) is 3.73. The second-order valence-corrected chi connectivity index (χ2v) is 19.4. The van der Waals surface area contributed by atoms with Gasteiger partial charge >= 0.3 is 0 Å². The highest BCUT2D eigenvalue weighted by Gasteiger charge is 2.66. The Labute approximate surface area is 328 Å². The van der Waals surface area contributed by atoms with E-state index in [9.17, 15) is 0 Å². The van der Waals surface area contributed by atoms with Gasteiger partial charge in [-0.25, -0.2) is 9.97 Å². The SMILES string of the molecule is Cc1c(Nc2nc3ccccc3s2)nnc2c1CCCN2c1ccc(-c2cnn(CC34CC5(C)CC(C)(C3)CC(OCCN3CCNCC3)(C5)C4)c2C)cn1. The highest BCUT2D eigenvalue weighted by molar-refractivity contribution is 7.22. The van der Waals surface area contributed by atoms with Crippen LogP contribution in [0.4, 0.5) is 22.6 Å². The first-order valence-electron chi connectivity index (χ1n) is 20.4. The third-order valence-corrected chi connectivity index (χ3v) is 14.5. The Morgan fingerprint density at radius 3 is 2.51 bits per heavy atom. The molecule has 1 aromatic carbocycles. The van der Waals surface area contributed by atoms with E-state index in [4.69, 9.17) is 24.9 Å². The average molecular weight is 759 g/mol. The Bertz CT molecular complexity index is 2170. The molecular formula is C43H54N10OS. The summed E-state index contributed by atoms with van der Waals surface area (Å²) in [7, 11) is 0. The fourth-order valence-corrected chi connectivity index (χ4v) is 13.2. The fourth-order valence-electron chi connectivity index (χ4n) is 12.3. The minimum absolute atomic E-state index is 0.0135. The molecule has 6 aliphatic rings. The summed E-state index contributed by atoms with van der Waals surface area (Å²) >= 11 is 1.63. The van der Waals surface area contributed by atoms with E-state index in [-0.39, 0.29) is 11.0 Å². The smallest absolute Gasteiger partial charge is 0.189 e. The van der Waals surface area contributed by atoms with Crippen molar-refractivity contribution in [2.45, 2.75) is 91.2 Å². The first-order chi connectivity index (χ1) is 26.6. The van der Waals surface area contributed by atoms with Gasteiger partial charge in [0.15, 0.2) is 16.8 Å². The molecule has 4 aliphatic carbocycles. The molecule has 0 amide bonds. The molecule has 4 aromatic heterocycles. The normalized spacial score (nSPS) is 28.9. The first kappa shape index (κ1) is 35.4. The summed E-state index contributed by atoms with van der Waals surface area (Å²) in [5, 5.41) is 22.2. The lowest BCUT2D eigenvalue weighted by Gasteiger charge is -2.69.